The maximum atomic E-state index is 13.4. The van der Waals surface area contributed by atoms with Gasteiger partial charge in [0.1, 0.15) is 11.6 Å². The number of benzene rings is 1. The molecule has 1 saturated heterocycles. The van der Waals surface area contributed by atoms with E-state index in [2.05, 4.69) is 0 Å². The normalized spacial score (nSPS) is 25.4. The molecule has 2 atom stereocenters. The van der Waals surface area contributed by atoms with Crippen LogP contribution in [0.15, 0.2) is 18.2 Å². The summed E-state index contributed by atoms with van der Waals surface area (Å²) in [7, 11) is 1.51. The maximum absolute atomic E-state index is 13.4. The van der Waals surface area contributed by atoms with Crippen LogP contribution in [0.5, 0.6) is 5.75 Å². The summed E-state index contributed by atoms with van der Waals surface area (Å²) in [5.41, 5.74) is 0.340. The van der Waals surface area contributed by atoms with E-state index < -0.39 is 5.82 Å². The van der Waals surface area contributed by atoms with Crippen LogP contribution in [0.1, 0.15) is 36.0 Å². The molecule has 2 bridgehead atoms. The Labute approximate surface area is 118 Å². The van der Waals surface area contributed by atoms with Gasteiger partial charge in [-0.15, -0.1) is 0 Å². The van der Waals surface area contributed by atoms with E-state index in [0.717, 1.165) is 13.1 Å². The van der Waals surface area contributed by atoms with Crippen molar-refractivity contribution in [2.45, 2.75) is 25.7 Å². The molecule has 1 saturated carbocycles. The lowest BCUT2D eigenvalue weighted by molar-refractivity contribution is 0.0501. The number of rotatable bonds is 2. The molecule has 1 amide bonds. The van der Waals surface area contributed by atoms with Crippen molar-refractivity contribution < 1.29 is 13.9 Å². The van der Waals surface area contributed by atoms with E-state index in [4.69, 9.17) is 4.74 Å². The zero-order chi connectivity index (χ0) is 14.1. The number of likely N-dealkylation sites (tertiary alicyclic amines) is 1. The van der Waals surface area contributed by atoms with Gasteiger partial charge in [0.05, 0.1) is 12.7 Å². The first-order valence-electron chi connectivity index (χ1n) is 7.30. The molecule has 1 heterocycles. The second-order valence-corrected chi connectivity index (χ2v) is 5.95. The number of amides is 1. The molecule has 0 radical (unpaired) electrons. The van der Waals surface area contributed by atoms with Crippen molar-refractivity contribution in [2.24, 2.45) is 11.8 Å². The van der Waals surface area contributed by atoms with Gasteiger partial charge < -0.3 is 9.64 Å². The molecule has 0 spiro atoms. The van der Waals surface area contributed by atoms with Crippen LogP contribution in [0, 0.1) is 17.7 Å². The highest BCUT2D eigenvalue weighted by atomic mass is 19.1. The van der Waals surface area contributed by atoms with Gasteiger partial charge in [-0.25, -0.2) is 4.39 Å². The molecule has 1 aromatic rings. The number of halogens is 1. The van der Waals surface area contributed by atoms with Gasteiger partial charge in [0, 0.05) is 13.1 Å². The number of hydrogen-bond donors (Lipinski definition) is 0. The predicted octanol–water partition coefficient (Wildman–Crippen LogP) is 3.10. The molecule has 0 aromatic heterocycles. The van der Waals surface area contributed by atoms with E-state index in [1.807, 2.05) is 4.90 Å². The molecular formula is C16H20FNO2. The maximum Gasteiger partial charge on any atom is 0.257 e. The van der Waals surface area contributed by atoms with Crippen LogP contribution >= 0.6 is 0 Å². The molecule has 20 heavy (non-hydrogen) atoms. The highest BCUT2D eigenvalue weighted by molar-refractivity contribution is 5.97. The van der Waals surface area contributed by atoms with Crippen molar-refractivity contribution in [2.75, 3.05) is 20.2 Å². The molecule has 2 unspecified atom stereocenters. The Balaban J connectivity index is 1.83. The third-order valence-corrected chi connectivity index (χ3v) is 4.53. The summed E-state index contributed by atoms with van der Waals surface area (Å²) in [4.78, 5) is 14.5. The summed E-state index contributed by atoms with van der Waals surface area (Å²) in [6.07, 6.45) is 4.94. The largest absolute Gasteiger partial charge is 0.496 e. The molecular weight excluding hydrogens is 257 g/mol. The predicted molar refractivity (Wildman–Crippen MR) is 74.3 cm³/mol. The second-order valence-electron chi connectivity index (χ2n) is 5.95. The van der Waals surface area contributed by atoms with Gasteiger partial charge in [-0.2, -0.15) is 0 Å². The number of nitrogens with zero attached hydrogens (tertiary/aromatic N) is 1. The standard InChI is InChI=1S/C16H20FNO2/c1-20-15-6-5-13(17)8-14(15)16(19)18-9-11-3-2-4-12(7-11)10-18/h5-6,8,11-12H,2-4,7,9-10H2,1H3. The minimum absolute atomic E-state index is 0.0991. The summed E-state index contributed by atoms with van der Waals surface area (Å²) in [6, 6.07) is 4.12. The fourth-order valence-electron chi connectivity index (χ4n) is 3.62. The van der Waals surface area contributed by atoms with E-state index in [1.165, 1.54) is 51.0 Å². The van der Waals surface area contributed by atoms with Crippen LogP contribution in [0.2, 0.25) is 0 Å². The third kappa shape index (κ3) is 2.51. The Kier molecular flexibility index (Phi) is 3.64. The summed E-state index contributed by atoms with van der Waals surface area (Å²) in [5, 5.41) is 0. The van der Waals surface area contributed by atoms with Crippen LogP contribution in [0.4, 0.5) is 4.39 Å². The minimum atomic E-state index is -0.397. The van der Waals surface area contributed by atoms with Gasteiger partial charge in [-0.3, -0.25) is 4.79 Å². The number of hydrogen-bond acceptors (Lipinski definition) is 2. The van der Waals surface area contributed by atoms with Gasteiger partial charge >= 0.3 is 0 Å². The van der Waals surface area contributed by atoms with E-state index in [-0.39, 0.29) is 5.91 Å². The van der Waals surface area contributed by atoms with Crippen molar-refractivity contribution in [3.05, 3.63) is 29.6 Å². The smallest absolute Gasteiger partial charge is 0.257 e. The minimum Gasteiger partial charge on any atom is -0.496 e. The highest BCUT2D eigenvalue weighted by Gasteiger charge is 2.33. The van der Waals surface area contributed by atoms with Crippen LogP contribution in [-0.2, 0) is 0 Å². The number of ether oxygens (including phenoxy) is 1. The summed E-state index contributed by atoms with van der Waals surface area (Å²) < 4.78 is 18.6. The molecule has 1 aromatic carbocycles. The third-order valence-electron chi connectivity index (χ3n) is 4.53. The first kappa shape index (κ1) is 13.4. The molecule has 0 N–H and O–H groups in total. The van der Waals surface area contributed by atoms with Crippen molar-refractivity contribution in [1.82, 2.24) is 4.90 Å². The molecule has 1 aliphatic heterocycles. The first-order chi connectivity index (χ1) is 9.67. The van der Waals surface area contributed by atoms with Gasteiger partial charge in [-0.1, -0.05) is 6.42 Å². The Morgan fingerprint density at radius 1 is 1.30 bits per heavy atom. The van der Waals surface area contributed by atoms with Gasteiger partial charge in [-0.05, 0) is 49.3 Å². The van der Waals surface area contributed by atoms with E-state index in [1.54, 1.807) is 0 Å². The van der Waals surface area contributed by atoms with Crippen LogP contribution in [-0.4, -0.2) is 31.0 Å². The molecule has 3 rings (SSSR count). The SMILES string of the molecule is COc1ccc(F)cc1C(=O)N1CC2CCCC(C2)C1. The molecule has 108 valence electrons. The Hall–Kier alpha value is -1.58. The monoisotopic (exact) mass is 277 g/mol. The zero-order valence-electron chi connectivity index (χ0n) is 11.8. The van der Waals surface area contributed by atoms with Crippen LogP contribution < -0.4 is 4.74 Å². The molecule has 2 fully saturated rings. The van der Waals surface area contributed by atoms with Gasteiger partial charge in [0.25, 0.3) is 5.91 Å². The number of methoxy groups -OCH3 is 1. The number of carbonyl (C=O) groups excluding carboxylic acids is 1. The average molecular weight is 277 g/mol. The van der Waals surface area contributed by atoms with E-state index >= 15 is 0 Å². The Morgan fingerprint density at radius 3 is 2.65 bits per heavy atom. The number of piperidine rings is 1. The number of carbonyl (C=O) groups is 1. The summed E-state index contributed by atoms with van der Waals surface area (Å²) in [5.74, 6) is 1.19. The van der Waals surface area contributed by atoms with Crippen LogP contribution in [0.3, 0.4) is 0 Å². The topological polar surface area (TPSA) is 29.5 Å². The average Bonchev–Trinajstić information content (AvgIpc) is 2.46. The Bertz CT molecular complexity index is 505. The molecule has 2 aliphatic rings. The van der Waals surface area contributed by atoms with Crippen molar-refractivity contribution in [3.63, 3.8) is 0 Å². The zero-order valence-corrected chi connectivity index (χ0v) is 11.8. The van der Waals surface area contributed by atoms with Crippen molar-refractivity contribution in [1.29, 1.82) is 0 Å². The van der Waals surface area contributed by atoms with Gasteiger partial charge in [0.2, 0.25) is 0 Å². The lowest BCUT2D eigenvalue weighted by Crippen LogP contribution is -2.45. The van der Waals surface area contributed by atoms with E-state index in [0.29, 0.717) is 23.1 Å². The fraction of sp³-hybridized carbons (Fsp3) is 0.562. The quantitative estimate of drug-likeness (QED) is 0.831. The molecule has 3 nitrogen and oxygen atoms in total. The lowest BCUT2D eigenvalue weighted by Gasteiger charge is -2.41. The molecule has 1 aliphatic carbocycles. The molecule has 4 heteroatoms. The fourth-order valence-corrected chi connectivity index (χ4v) is 3.62. The summed E-state index contributed by atoms with van der Waals surface area (Å²) >= 11 is 0. The number of fused-ring (bicyclic) bond motifs is 2. The lowest BCUT2D eigenvalue weighted by atomic mass is 9.78. The summed E-state index contributed by atoms with van der Waals surface area (Å²) in [6.45, 7) is 1.60. The Morgan fingerprint density at radius 2 is 2.00 bits per heavy atom. The highest BCUT2D eigenvalue weighted by Crippen LogP contribution is 2.35. The van der Waals surface area contributed by atoms with Gasteiger partial charge in [0.15, 0.2) is 0 Å². The van der Waals surface area contributed by atoms with Crippen LogP contribution in [0.25, 0.3) is 0 Å². The van der Waals surface area contributed by atoms with E-state index in [9.17, 15) is 9.18 Å². The van der Waals surface area contributed by atoms with Crippen molar-refractivity contribution >= 4 is 5.91 Å². The second kappa shape index (κ2) is 5.43. The first-order valence-corrected chi connectivity index (χ1v) is 7.30. The van der Waals surface area contributed by atoms with Crippen molar-refractivity contribution in [3.8, 4) is 5.75 Å².